The fraction of sp³-hybridized carbons (Fsp3) is 0.440. The second-order valence-corrected chi connectivity index (χ2v) is 10.2. The minimum atomic E-state index is -0.0186. The number of fused-ring (bicyclic) bond motifs is 1. The zero-order valence-electron chi connectivity index (χ0n) is 19.7. The van der Waals surface area contributed by atoms with Crippen LogP contribution in [0.1, 0.15) is 48.7 Å². The van der Waals surface area contributed by atoms with E-state index >= 15 is 0 Å². The van der Waals surface area contributed by atoms with Crippen LogP contribution in [0.25, 0.3) is 10.2 Å². The van der Waals surface area contributed by atoms with Crippen LogP contribution >= 0.6 is 11.3 Å². The molecule has 0 bridgehead atoms. The van der Waals surface area contributed by atoms with Gasteiger partial charge in [-0.1, -0.05) is 50.3 Å². The molecule has 0 N–H and O–H groups in total. The summed E-state index contributed by atoms with van der Waals surface area (Å²) < 4.78 is 6.57. The van der Waals surface area contributed by atoms with Gasteiger partial charge in [0.25, 0.3) is 5.91 Å². The number of aryl methyl sites for hydroxylation is 1. The zero-order chi connectivity index (χ0) is 22.8. The summed E-state index contributed by atoms with van der Waals surface area (Å²) in [4.78, 5) is 22.3. The number of carbonyl (C=O) groups excluding carboxylic acids is 1. The number of carbonyl (C=O) groups is 1. The number of hydrogen-bond acceptors (Lipinski definition) is 5. The van der Waals surface area contributed by atoms with Crippen LogP contribution in [-0.4, -0.2) is 50.1 Å². The van der Waals surface area contributed by atoms with Crippen molar-refractivity contribution in [3.8, 4) is 5.75 Å². The molecule has 5 nitrogen and oxygen atoms in total. The van der Waals surface area contributed by atoms with Crippen LogP contribution in [0.3, 0.4) is 0 Å². The molecule has 0 spiro atoms. The maximum absolute atomic E-state index is 13.5. The zero-order valence-corrected chi connectivity index (χ0v) is 20.5. The number of methoxy groups -OCH3 is 1. The van der Waals surface area contributed by atoms with Gasteiger partial charge in [-0.25, -0.2) is 4.98 Å². The summed E-state index contributed by atoms with van der Waals surface area (Å²) in [5, 5.41) is 0.714. The predicted molar refractivity (Wildman–Crippen MR) is 131 cm³/mol. The molecule has 0 saturated heterocycles. The van der Waals surface area contributed by atoms with Crippen molar-refractivity contribution < 1.29 is 9.53 Å². The monoisotopic (exact) mass is 439 g/mol. The largest absolute Gasteiger partial charge is 0.494 e. The Kier molecular flexibility index (Phi) is 7.02. The maximum Gasteiger partial charge on any atom is 0.260 e. The van der Waals surface area contributed by atoms with Gasteiger partial charge in [0.2, 0.25) is 0 Å². The summed E-state index contributed by atoms with van der Waals surface area (Å²) in [6, 6.07) is 11.9. The van der Waals surface area contributed by atoms with Crippen LogP contribution in [0.15, 0.2) is 36.4 Å². The molecule has 3 rings (SSSR count). The number of nitrogens with zero attached hydrogens (tertiary/aromatic N) is 3. The second kappa shape index (κ2) is 9.37. The number of rotatable bonds is 7. The quantitative estimate of drug-likeness (QED) is 0.487. The molecule has 0 aliphatic rings. The van der Waals surface area contributed by atoms with E-state index in [9.17, 15) is 4.79 Å². The first-order chi connectivity index (χ1) is 14.6. The Hall–Kier alpha value is -2.44. The number of anilines is 1. The Labute approximate surface area is 189 Å². The molecular weight excluding hydrogens is 406 g/mol. The summed E-state index contributed by atoms with van der Waals surface area (Å²) in [6.45, 7) is 10.1. The standard InChI is InChI=1S/C25H33N3O2S/c1-17-9-14-20(30-7)21-22(17)31-24(26-21)28(16-8-15-27(5)6)23(29)18-10-12-19(13-11-18)25(2,3)4/h9-14H,8,15-16H2,1-7H3. The van der Waals surface area contributed by atoms with Gasteiger partial charge in [-0.3, -0.25) is 9.69 Å². The summed E-state index contributed by atoms with van der Waals surface area (Å²) in [5.41, 5.74) is 3.89. The number of ether oxygens (including phenoxy) is 1. The van der Waals surface area contributed by atoms with Crippen molar-refractivity contribution >= 4 is 32.6 Å². The highest BCUT2D eigenvalue weighted by molar-refractivity contribution is 7.22. The van der Waals surface area contributed by atoms with Crippen molar-refractivity contribution in [2.45, 2.75) is 39.5 Å². The SMILES string of the molecule is COc1ccc(C)c2sc(N(CCCN(C)C)C(=O)c3ccc(C(C)(C)C)cc3)nc12. The van der Waals surface area contributed by atoms with E-state index in [0.29, 0.717) is 17.2 Å². The van der Waals surface area contributed by atoms with E-state index < -0.39 is 0 Å². The van der Waals surface area contributed by atoms with Crippen molar-refractivity contribution in [3.63, 3.8) is 0 Å². The van der Waals surface area contributed by atoms with Gasteiger partial charge in [-0.05, 0) is 68.7 Å². The molecule has 0 saturated carbocycles. The molecule has 0 atom stereocenters. The average molecular weight is 440 g/mol. The number of hydrogen-bond donors (Lipinski definition) is 0. The third-order valence-electron chi connectivity index (χ3n) is 5.37. The molecule has 2 aromatic carbocycles. The average Bonchev–Trinajstić information content (AvgIpc) is 3.16. The summed E-state index contributed by atoms with van der Waals surface area (Å²) in [7, 11) is 5.74. The topological polar surface area (TPSA) is 45.7 Å². The Bertz CT molecular complexity index is 1050. The van der Waals surface area contributed by atoms with Gasteiger partial charge in [-0.15, -0.1) is 0 Å². The molecule has 6 heteroatoms. The maximum atomic E-state index is 13.5. The van der Waals surface area contributed by atoms with Crippen LogP contribution in [-0.2, 0) is 5.41 Å². The lowest BCUT2D eigenvalue weighted by molar-refractivity contribution is 0.0986. The van der Waals surface area contributed by atoms with E-state index in [1.807, 2.05) is 43.3 Å². The molecule has 1 aromatic heterocycles. The fourth-order valence-corrected chi connectivity index (χ4v) is 4.55. The van der Waals surface area contributed by atoms with Crippen molar-refractivity contribution in [2.24, 2.45) is 0 Å². The first-order valence-electron chi connectivity index (χ1n) is 10.6. The van der Waals surface area contributed by atoms with E-state index in [-0.39, 0.29) is 11.3 Å². The number of amides is 1. The van der Waals surface area contributed by atoms with E-state index in [1.54, 1.807) is 18.4 Å². The van der Waals surface area contributed by atoms with Crippen LogP contribution < -0.4 is 9.64 Å². The lowest BCUT2D eigenvalue weighted by atomic mass is 9.86. The molecule has 0 radical (unpaired) electrons. The summed E-state index contributed by atoms with van der Waals surface area (Å²) in [6.07, 6.45) is 0.866. The normalized spacial score (nSPS) is 11.9. The highest BCUT2D eigenvalue weighted by atomic mass is 32.1. The molecule has 1 amide bonds. The molecule has 1 heterocycles. The van der Waals surface area contributed by atoms with Crippen LogP contribution in [0.4, 0.5) is 5.13 Å². The Morgan fingerprint density at radius 1 is 1.06 bits per heavy atom. The lowest BCUT2D eigenvalue weighted by Gasteiger charge is -2.22. The van der Waals surface area contributed by atoms with Crippen LogP contribution in [0.5, 0.6) is 5.75 Å². The van der Waals surface area contributed by atoms with Crippen molar-refractivity contribution in [3.05, 3.63) is 53.1 Å². The second-order valence-electron chi connectivity index (χ2n) is 9.20. The van der Waals surface area contributed by atoms with Gasteiger partial charge in [0, 0.05) is 12.1 Å². The Balaban J connectivity index is 1.99. The Morgan fingerprint density at radius 2 is 1.74 bits per heavy atom. The molecule has 0 aliphatic carbocycles. The van der Waals surface area contributed by atoms with Crippen LogP contribution in [0, 0.1) is 6.92 Å². The van der Waals surface area contributed by atoms with E-state index in [4.69, 9.17) is 9.72 Å². The predicted octanol–water partition coefficient (Wildman–Crippen LogP) is 5.51. The van der Waals surface area contributed by atoms with E-state index in [2.05, 4.69) is 44.7 Å². The van der Waals surface area contributed by atoms with Gasteiger partial charge < -0.3 is 9.64 Å². The van der Waals surface area contributed by atoms with Gasteiger partial charge in [-0.2, -0.15) is 0 Å². The first-order valence-corrected chi connectivity index (χ1v) is 11.4. The van der Waals surface area contributed by atoms with Crippen molar-refractivity contribution in [1.82, 2.24) is 9.88 Å². The van der Waals surface area contributed by atoms with Gasteiger partial charge in [0.15, 0.2) is 5.13 Å². The lowest BCUT2D eigenvalue weighted by Crippen LogP contribution is -2.33. The number of aromatic nitrogens is 1. The number of thiazole rings is 1. The van der Waals surface area contributed by atoms with Crippen molar-refractivity contribution in [2.75, 3.05) is 39.2 Å². The van der Waals surface area contributed by atoms with E-state index in [1.165, 1.54) is 5.56 Å². The summed E-state index contributed by atoms with van der Waals surface area (Å²) >= 11 is 1.55. The molecule has 3 aromatic rings. The molecule has 0 fully saturated rings. The van der Waals surface area contributed by atoms with Gasteiger partial charge in [0.05, 0.1) is 11.8 Å². The molecular formula is C25H33N3O2S. The highest BCUT2D eigenvalue weighted by Gasteiger charge is 2.23. The molecule has 31 heavy (non-hydrogen) atoms. The van der Waals surface area contributed by atoms with Gasteiger partial charge >= 0.3 is 0 Å². The number of benzene rings is 2. The molecule has 0 aliphatic heterocycles. The first kappa shape index (κ1) is 23.2. The van der Waals surface area contributed by atoms with Gasteiger partial charge in [0.1, 0.15) is 11.3 Å². The van der Waals surface area contributed by atoms with Crippen molar-refractivity contribution in [1.29, 1.82) is 0 Å². The highest BCUT2D eigenvalue weighted by Crippen LogP contribution is 2.37. The third-order valence-corrected chi connectivity index (χ3v) is 6.59. The summed E-state index contributed by atoms with van der Waals surface area (Å²) in [5.74, 6) is 0.716. The van der Waals surface area contributed by atoms with E-state index in [0.717, 1.165) is 34.5 Å². The molecule has 0 unspecified atom stereocenters. The smallest absolute Gasteiger partial charge is 0.260 e. The minimum Gasteiger partial charge on any atom is -0.494 e. The van der Waals surface area contributed by atoms with Crippen LogP contribution in [0.2, 0.25) is 0 Å². The Morgan fingerprint density at radius 3 is 2.32 bits per heavy atom. The molecule has 166 valence electrons. The fourth-order valence-electron chi connectivity index (χ4n) is 3.48. The minimum absolute atomic E-state index is 0.0186. The third kappa shape index (κ3) is 5.25.